The molecule has 15 heavy (non-hydrogen) atoms. The lowest BCUT2D eigenvalue weighted by Crippen LogP contribution is -2.43. The molecule has 1 heterocycles. The van der Waals surface area contributed by atoms with Crippen LogP contribution < -0.4 is 0 Å². The molecule has 0 saturated heterocycles. The van der Waals surface area contributed by atoms with Crippen molar-refractivity contribution in [3.8, 4) is 0 Å². The fourth-order valence-corrected chi connectivity index (χ4v) is 3.33. The van der Waals surface area contributed by atoms with Crippen LogP contribution in [0.3, 0.4) is 0 Å². The number of likely N-dealkylation sites (N-methyl/N-ethyl adjacent to an activating group) is 1. The van der Waals surface area contributed by atoms with E-state index in [0.29, 0.717) is 0 Å². The van der Waals surface area contributed by atoms with Gasteiger partial charge in [-0.15, -0.1) is 0 Å². The quantitative estimate of drug-likeness (QED) is 0.664. The topological polar surface area (TPSA) is 30.9 Å². The van der Waals surface area contributed by atoms with Gasteiger partial charge in [-0.25, -0.2) is 0 Å². The summed E-state index contributed by atoms with van der Waals surface area (Å²) in [7, 11) is 4.50. The van der Waals surface area contributed by atoms with E-state index in [0.717, 1.165) is 12.6 Å². The number of hydrogen-bond acceptors (Lipinski definition) is 4. The van der Waals surface area contributed by atoms with Gasteiger partial charge in [0.05, 0.1) is 0 Å². The second kappa shape index (κ2) is 5.46. The molecular weight excluding hydrogens is 210 g/mol. The first kappa shape index (κ1) is 12.4. The number of hydrogen-bond donors (Lipinski definition) is 0. The van der Waals surface area contributed by atoms with Gasteiger partial charge in [0.25, 0.3) is 0 Å². The molecule has 1 rings (SSSR count). The first-order valence-corrected chi connectivity index (χ1v) is 6.81. The first-order chi connectivity index (χ1) is 7.15. The average molecular weight is 229 g/mol. The lowest BCUT2D eigenvalue weighted by molar-refractivity contribution is 0.126. The molecule has 0 bridgehead atoms. The van der Waals surface area contributed by atoms with Crippen LogP contribution in [0.15, 0.2) is 23.9 Å². The summed E-state index contributed by atoms with van der Waals surface area (Å²) in [6.45, 7) is 0.904. The maximum atomic E-state index is 5.39. The molecule has 0 unspecified atom stereocenters. The van der Waals surface area contributed by atoms with Crippen molar-refractivity contribution in [2.45, 2.75) is 6.04 Å². The summed E-state index contributed by atoms with van der Waals surface area (Å²) < 4.78 is 16.2. The largest absolute Gasteiger partial charge is 0.504 e. The fraction of sp³-hybridized carbons (Fsp3) is 0.600. The van der Waals surface area contributed by atoms with Crippen LogP contribution in [0.25, 0.3) is 0 Å². The van der Waals surface area contributed by atoms with Crippen LogP contribution in [0.2, 0.25) is 6.04 Å². The Morgan fingerprint density at radius 2 is 1.87 bits per heavy atom. The van der Waals surface area contributed by atoms with Gasteiger partial charge in [-0.05, 0) is 17.8 Å². The van der Waals surface area contributed by atoms with Crippen LogP contribution in [-0.4, -0.2) is 48.6 Å². The van der Waals surface area contributed by atoms with Crippen molar-refractivity contribution in [2.24, 2.45) is 0 Å². The Morgan fingerprint density at radius 3 is 2.33 bits per heavy atom. The Hall–Kier alpha value is -0.623. The van der Waals surface area contributed by atoms with E-state index >= 15 is 0 Å². The smallest absolute Gasteiger partial charge is 0.377 e. The van der Waals surface area contributed by atoms with Gasteiger partial charge in [-0.2, -0.15) is 0 Å². The van der Waals surface area contributed by atoms with E-state index in [4.69, 9.17) is 13.3 Å². The Balaban J connectivity index is 2.66. The predicted molar refractivity (Wildman–Crippen MR) is 61.4 cm³/mol. The lowest BCUT2D eigenvalue weighted by Gasteiger charge is -2.28. The molecule has 0 aromatic carbocycles. The van der Waals surface area contributed by atoms with Gasteiger partial charge in [-0.1, -0.05) is 6.08 Å². The summed E-state index contributed by atoms with van der Waals surface area (Å²) in [5.41, 5.74) is 1.28. The zero-order valence-corrected chi connectivity index (χ0v) is 10.8. The summed E-state index contributed by atoms with van der Waals surface area (Å²) in [5, 5.41) is 0. The van der Waals surface area contributed by atoms with E-state index in [2.05, 4.69) is 11.0 Å². The second-order valence-electron chi connectivity index (χ2n) is 3.55. The van der Waals surface area contributed by atoms with E-state index in [1.54, 1.807) is 21.3 Å². The summed E-state index contributed by atoms with van der Waals surface area (Å²) in [6.07, 6.45) is 6.16. The minimum Gasteiger partial charge on any atom is -0.377 e. The van der Waals surface area contributed by atoms with Crippen molar-refractivity contribution in [3.63, 3.8) is 0 Å². The standard InChI is InChI=1S/C10H19NO3Si/c1-11-7-5-6-10(8-11)9-15(12-2,13-3)14-4/h5-7H,8-9H2,1-4H3. The van der Waals surface area contributed by atoms with Crippen LogP contribution in [-0.2, 0) is 13.3 Å². The molecule has 0 radical (unpaired) electrons. The van der Waals surface area contributed by atoms with Gasteiger partial charge in [0.15, 0.2) is 0 Å². The van der Waals surface area contributed by atoms with Gasteiger partial charge in [-0.3, -0.25) is 0 Å². The van der Waals surface area contributed by atoms with E-state index in [1.807, 2.05) is 19.3 Å². The van der Waals surface area contributed by atoms with E-state index < -0.39 is 8.80 Å². The summed E-state index contributed by atoms with van der Waals surface area (Å²) >= 11 is 0. The Labute approximate surface area is 92.5 Å². The maximum absolute atomic E-state index is 5.39. The number of rotatable bonds is 5. The first-order valence-electron chi connectivity index (χ1n) is 4.87. The molecule has 0 atom stereocenters. The molecular formula is C10H19NO3Si. The van der Waals surface area contributed by atoms with E-state index in [9.17, 15) is 0 Å². The molecule has 0 amide bonds. The van der Waals surface area contributed by atoms with Crippen LogP contribution in [0.1, 0.15) is 0 Å². The normalized spacial score (nSPS) is 16.8. The number of nitrogens with zero attached hydrogens (tertiary/aromatic N) is 1. The van der Waals surface area contributed by atoms with Crippen LogP contribution in [0.4, 0.5) is 0 Å². The molecule has 0 saturated carbocycles. The Kier molecular flexibility index (Phi) is 4.53. The van der Waals surface area contributed by atoms with Crippen LogP contribution in [0, 0.1) is 0 Å². The van der Waals surface area contributed by atoms with Gasteiger partial charge < -0.3 is 18.2 Å². The molecule has 86 valence electrons. The summed E-state index contributed by atoms with van der Waals surface area (Å²) in [5.74, 6) is 0. The van der Waals surface area contributed by atoms with Crippen molar-refractivity contribution in [2.75, 3.05) is 34.9 Å². The zero-order chi connectivity index (χ0) is 11.3. The van der Waals surface area contributed by atoms with E-state index in [1.165, 1.54) is 5.57 Å². The molecule has 0 fully saturated rings. The molecule has 1 aliphatic heterocycles. The average Bonchev–Trinajstić information content (AvgIpc) is 2.26. The molecule has 0 aromatic heterocycles. The summed E-state index contributed by atoms with van der Waals surface area (Å²) in [4.78, 5) is 2.12. The van der Waals surface area contributed by atoms with Gasteiger partial charge in [0.1, 0.15) is 0 Å². The molecule has 0 spiro atoms. The Morgan fingerprint density at radius 1 is 1.27 bits per heavy atom. The third-order valence-electron chi connectivity index (χ3n) is 2.50. The highest BCUT2D eigenvalue weighted by Gasteiger charge is 2.38. The molecule has 4 nitrogen and oxygen atoms in total. The van der Waals surface area contributed by atoms with Gasteiger partial charge in [0, 0.05) is 41.0 Å². The predicted octanol–water partition coefficient (Wildman–Crippen LogP) is 1.25. The molecule has 5 heteroatoms. The third kappa shape index (κ3) is 3.17. The minimum atomic E-state index is -2.46. The monoisotopic (exact) mass is 229 g/mol. The zero-order valence-electron chi connectivity index (χ0n) is 9.82. The highest BCUT2D eigenvalue weighted by molar-refractivity contribution is 6.61. The second-order valence-corrected chi connectivity index (χ2v) is 6.50. The highest BCUT2D eigenvalue weighted by Crippen LogP contribution is 2.21. The SMILES string of the molecule is CO[Si](CC1=CC=CN(C)C1)(OC)OC. The maximum Gasteiger partial charge on any atom is 0.504 e. The van der Waals surface area contributed by atoms with Crippen molar-refractivity contribution in [1.29, 1.82) is 0 Å². The number of allylic oxidation sites excluding steroid dienone is 2. The fourth-order valence-electron chi connectivity index (χ4n) is 1.61. The molecule has 0 N–H and O–H groups in total. The third-order valence-corrected chi connectivity index (χ3v) is 5.25. The minimum absolute atomic E-state index is 0.741. The van der Waals surface area contributed by atoms with Crippen LogP contribution >= 0.6 is 0 Å². The Bertz CT molecular complexity index is 253. The molecule has 1 aliphatic rings. The lowest BCUT2D eigenvalue weighted by atomic mass is 10.2. The van der Waals surface area contributed by atoms with Crippen molar-refractivity contribution in [1.82, 2.24) is 4.90 Å². The highest BCUT2D eigenvalue weighted by atomic mass is 28.4. The summed E-state index contributed by atoms with van der Waals surface area (Å²) in [6, 6.07) is 0.741. The van der Waals surface area contributed by atoms with Crippen molar-refractivity contribution < 1.29 is 13.3 Å². The van der Waals surface area contributed by atoms with Crippen molar-refractivity contribution >= 4 is 8.80 Å². The van der Waals surface area contributed by atoms with Crippen LogP contribution in [0.5, 0.6) is 0 Å². The van der Waals surface area contributed by atoms with Crippen molar-refractivity contribution in [3.05, 3.63) is 23.9 Å². The van der Waals surface area contributed by atoms with Gasteiger partial charge >= 0.3 is 8.80 Å². The molecule has 0 aromatic rings. The van der Waals surface area contributed by atoms with E-state index in [-0.39, 0.29) is 0 Å². The van der Waals surface area contributed by atoms with Gasteiger partial charge in [0.2, 0.25) is 0 Å². The molecule has 0 aliphatic carbocycles.